The highest BCUT2D eigenvalue weighted by molar-refractivity contribution is 5.69. The van der Waals surface area contributed by atoms with Crippen LogP contribution in [0.4, 0.5) is 0 Å². The average molecular weight is 383 g/mol. The summed E-state index contributed by atoms with van der Waals surface area (Å²) in [6.45, 7) is 4.48. The summed E-state index contributed by atoms with van der Waals surface area (Å²) < 4.78 is 4.71. The van der Waals surface area contributed by atoms with Crippen LogP contribution in [0.3, 0.4) is 0 Å². The van der Waals surface area contributed by atoms with Crippen LogP contribution >= 0.6 is 0 Å². The third kappa shape index (κ3) is 11.6. The summed E-state index contributed by atoms with van der Waals surface area (Å²) in [5, 5.41) is 0. The Labute approximate surface area is 172 Å². The summed E-state index contributed by atoms with van der Waals surface area (Å²) in [5.74, 6) is 0.375. The van der Waals surface area contributed by atoms with Gasteiger partial charge < -0.3 is 4.74 Å². The number of ether oxygens (including phenoxy) is 1. The molecule has 1 aromatic carbocycles. The molecule has 154 valence electrons. The number of rotatable bonds is 14. The molecular formula is C26H38O2. The van der Waals surface area contributed by atoms with Crippen molar-refractivity contribution in [2.75, 3.05) is 7.11 Å². The molecule has 0 N–H and O–H groups in total. The van der Waals surface area contributed by atoms with E-state index in [1.165, 1.54) is 43.9 Å². The van der Waals surface area contributed by atoms with Crippen LogP contribution in [-0.4, -0.2) is 13.1 Å². The van der Waals surface area contributed by atoms with Gasteiger partial charge in [0.25, 0.3) is 0 Å². The van der Waals surface area contributed by atoms with E-state index in [1.54, 1.807) is 0 Å². The van der Waals surface area contributed by atoms with Gasteiger partial charge in [0.05, 0.1) is 7.11 Å². The number of hydrogen-bond acceptors (Lipinski definition) is 2. The summed E-state index contributed by atoms with van der Waals surface area (Å²) in [7, 11) is 1.44. The van der Waals surface area contributed by atoms with Gasteiger partial charge in [0, 0.05) is 6.42 Å². The fourth-order valence-corrected chi connectivity index (χ4v) is 3.09. The fourth-order valence-electron chi connectivity index (χ4n) is 3.09. The van der Waals surface area contributed by atoms with Crippen molar-refractivity contribution in [1.29, 1.82) is 0 Å². The van der Waals surface area contributed by atoms with Gasteiger partial charge in [0.2, 0.25) is 0 Å². The van der Waals surface area contributed by atoms with E-state index in [4.69, 9.17) is 4.74 Å². The molecule has 0 saturated carbocycles. The highest BCUT2D eigenvalue weighted by atomic mass is 16.5. The molecule has 0 spiro atoms. The predicted molar refractivity (Wildman–Crippen MR) is 120 cm³/mol. The molecule has 0 unspecified atom stereocenters. The topological polar surface area (TPSA) is 26.3 Å². The maximum Gasteiger partial charge on any atom is 0.305 e. The van der Waals surface area contributed by atoms with Crippen molar-refractivity contribution in [3.05, 3.63) is 71.8 Å². The van der Waals surface area contributed by atoms with Crippen LogP contribution in [-0.2, 0) is 22.4 Å². The molecule has 0 amide bonds. The Morgan fingerprint density at radius 1 is 1.00 bits per heavy atom. The van der Waals surface area contributed by atoms with Gasteiger partial charge in [-0.3, -0.25) is 4.79 Å². The van der Waals surface area contributed by atoms with Crippen LogP contribution in [0.15, 0.2) is 60.7 Å². The molecule has 0 aliphatic heterocycles. The van der Waals surface area contributed by atoms with Gasteiger partial charge in [-0.25, -0.2) is 0 Å². The van der Waals surface area contributed by atoms with Gasteiger partial charge in [0.1, 0.15) is 0 Å². The highest BCUT2D eigenvalue weighted by Gasteiger charge is 2.03. The van der Waals surface area contributed by atoms with E-state index in [9.17, 15) is 4.79 Å². The lowest BCUT2D eigenvalue weighted by Gasteiger charge is -2.07. The molecule has 2 nitrogen and oxygen atoms in total. The monoisotopic (exact) mass is 382 g/mol. The molecule has 0 aliphatic rings. The Hall–Kier alpha value is -2.09. The van der Waals surface area contributed by atoms with Crippen LogP contribution in [0.2, 0.25) is 0 Å². The molecule has 0 heterocycles. The first kappa shape index (κ1) is 23.9. The summed E-state index contributed by atoms with van der Waals surface area (Å²) in [6, 6.07) is 8.50. The van der Waals surface area contributed by atoms with Gasteiger partial charge >= 0.3 is 5.97 Å². The Bertz CT molecular complexity index is 625. The molecule has 0 radical (unpaired) electrons. The molecule has 1 atom stereocenters. The predicted octanol–water partition coefficient (Wildman–Crippen LogP) is 7.00. The molecule has 0 aromatic heterocycles. The minimum absolute atomic E-state index is 0.130. The number of allylic oxidation sites excluding steroid dienone is 6. The van der Waals surface area contributed by atoms with E-state index in [0.717, 1.165) is 25.7 Å². The maximum absolute atomic E-state index is 11.3. The average Bonchev–Trinajstić information content (AvgIpc) is 2.71. The molecule has 0 aliphatic carbocycles. The SMILES string of the molecule is CCCCC/C=C\[C@H](C)/C=C\C/C=C\Cc1ccccc1CCCC(=O)OC. The van der Waals surface area contributed by atoms with Crippen LogP contribution in [0.25, 0.3) is 0 Å². The smallest absolute Gasteiger partial charge is 0.305 e. The van der Waals surface area contributed by atoms with E-state index in [0.29, 0.717) is 12.3 Å². The molecule has 2 heteroatoms. The van der Waals surface area contributed by atoms with Crippen LogP contribution < -0.4 is 0 Å². The van der Waals surface area contributed by atoms with E-state index in [2.05, 4.69) is 74.6 Å². The summed E-state index contributed by atoms with van der Waals surface area (Å²) in [4.78, 5) is 11.3. The Morgan fingerprint density at radius 3 is 2.50 bits per heavy atom. The zero-order valence-corrected chi connectivity index (χ0v) is 18.0. The Balaban J connectivity index is 2.34. The van der Waals surface area contributed by atoms with Gasteiger partial charge in [-0.1, -0.05) is 87.4 Å². The standard InChI is InChI=1S/C26H38O2/c1-4-5-6-7-10-16-23(2)17-11-8-9-12-18-24-19-13-14-20-25(24)21-15-22-26(27)28-3/h9-14,16-17,19-20,23H,4-8,15,18,21-22H2,1-3H3/b12-9-,16-10-,17-11-/t23-/m0/s1. The van der Waals surface area contributed by atoms with Gasteiger partial charge in [-0.2, -0.15) is 0 Å². The van der Waals surface area contributed by atoms with Crippen LogP contribution in [0.1, 0.15) is 69.9 Å². The second-order valence-corrected chi connectivity index (χ2v) is 7.32. The molecule has 0 bridgehead atoms. The Morgan fingerprint density at radius 2 is 1.75 bits per heavy atom. The number of hydrogen-bond donors (Lipinski definition) is 0. The summed E-state index contributed by atoms with van der Waals surface area (Å²) in [5.41, 5.74) is 2.67. The lowest BCUT2D eigenvalue weighted by Crippen LogP contribution is -2.01. The molecular weight excluding hydrogens is 344 g/mol. The maximum atomic E-state index is 11.3. The first-order chi connectivity index (χ1) is 13.7. The zero-order chi connectivity index (χ0) is 20.5. The van der Waals surface area contributed by atoms with Gasteiger partial charge in [-0.05, 0) is 55.6 Å². The second kappa shape index (κ2) is 15.9. The number of unbranched alkanes of at least 4 members (excludes halogenated alkanes) is 3. The molecule has 0 fully saturated rings. The van der Waals surface area contributed by atoms with E-state index in [1.807, 2.05) is 0 Å². The van der Waals surface area contributed by atoms with Crippen LogP contribution in [0.5, 0.6) is 0 Å². The zero-order valence-electron chi connectivity index (χ0n) is 18.0. The molecule has 0 saturated heterocycles. The quantitative estimate of drug-likeness (QED) is 0.197. The lowest BCUT2D eigenvalue weighted by atomic mass is 9.99. The number of methoxy groups -OCH3 is 1. The molecule has 28 heavy (non-hydrogen) atoms. The third-order valence-electron chi connectivity index (χ3n) is 4.80. The highest BCUT2D eigenvalue weighted by Crippen LogP contribution is 2.14. The van der Waals surface area contributed by atoms with Crippen molar-refractivity contribution in [3.8, 4) is 0 Å². The van der Waals surface area contributed by atoms with Crippen molar-refractivity contribution in [2.45, 2.75) is 71.6 Å². The summed E-state index contributed by atoms with van der Waals surface area (Å²) >= 11 is 0. The van der Waals surface area contributed by atoms with E-state index < -0.39 is 0 Å². The number of benzene rings is 1. The lowest BCUT2D eigenvalue weighted by molar-refractivity contribution is -0.140. The molecule has 1 rings (SSSR count). The van der Waals surface area contributed by atoms with E-state index >= 15 is 0 Å². The number of carbonyl (C=O) groups excluding carboxylic acids is 1. The first-order valence-electron chi connectivity index (χ1n) is 10.8. The normalized spacial score (nSPS) is 13.0. The largest absolute Gasteiger partial charge is 0.469 e. The van der Waals surface area contributed by atoms with E-state index in [-0.39, 0.29) is 5.97 Å². The molecule has 1 aromatic rings. The first-order valence-corrected chi connectivity index (χ1v) is 10.8. The van der Waals surface area contributed by atoms with Crippen LogP contribution in [0, 0.1) is 5.92 Å². The Kier molecular flexibility index (Phi) is 13.6. The van der Waals surface area contributed by atoms with Crippen molar-refractivity contribution < 1.29 is 9.53 Å². The number of aryl methyl sites for hydroxylation is 1. The number of carbonyl (C=O) groups is 1. The fraction of sp³-hybridized carbons (Fsp3) is 0.500. The second-order valence-electron chi connectivity index (χ2n) is 7.32. The van der Waals surface area contributed by atoms with Gasteiger partial charge in [0.15, 0.2) is 0 Å². The summed E-state index contributed by atoms with van der Waals surface area (Å²) in [6.07, 6.45) is 22.9. The van der Waals surface area contributed by atoms with Crippen molar-refractivity contribution in [3.63, 3.8) is 0 Å². The number of esters is 1. The minimum Gasteiger partial charge on any atom is -0.469 e. The van der Waals surface area contributed by atoms with Crippen molar-refractivity contribution in [1.82, 2.24) is 0 Å². The third-order valence-corrected chi connectivity index (χ3v) is 4.80. The van der Waals surface area contributed by atoms with Crippen molar-refractivity contribution >= 4 is 5.97 Å². The van der Waals surface area contributed by atoms with Crippen molar-refractivity contribution in [2.24, 2.45) is 5.92 Å². The minimum atomic E-state index is -0.130. The van der Waals surface area contributed by atoms with Gasteiger partial charge in [-0.15, -0.1) is 0 Å².